The molecule has 0 radical (unpaired) electrons. The summed E-state index contributed by atoms with van der Waals surface area (Å²) in [7, 11) is 1.67. The van der Waals surface area contributed by atoms with Gasteiger partial charge in [0.1, 0.15) is 5.69 Å². The van der Waals surface area contributed by atoms with Gasteiger partial charge in [-0.3, -0.25) is 10.1 Å². The second-order valence-electron chi connectivity index (χ2n) is 2.91. The predicted molar refractivity (Wildman–Crippen MR) is 49.3 cm³/mol. The first-order valence-corrected chi connectivity index (χ1v) is 4.13. The summed E-state index contributed by atoms with van der Waals surface area (Å²) in [6.07, 6.45) is 3.53. The highest BCUT2D eigenvalue weighted by Gasteiger charge is 2.11. The van der Waals surface area contributed by atoms with Gasteiger partial charge >= 0.3 is 0 Å². The third-order valence-electron chi connectivity index (χ3n) is 2.13. The van der Waals surface area contributed by atoms with Crippen molar-refractivity contribution in [2.75, 3.05) is 7.11 Å². The molecule has 0 saturated heterocycles. The summed E-state index contributed by atoms with van der Waals surface area (Å²) in [4.78, 5) is 4.05. The van der Waals surface area contributed by atoms with E-state index in [9.17, 15) is 0 Å². The van der Waals surface area contributed by atoms with Crippen molar-refractivity contribution in [1.82, 2.24) is 15.2 Å². The smallest absolute Gasteiger partial charge is 0.100 e. The number of methoxy groups -OCH3 is 1. The number of nitrogens with zero attached hydrogens (tertiary/aromatic N) is 2. The normalized spacial score (nSPS) is 13.4. The van der Waals surface area contributed by atoms with Gasteiger partial charge in [0.05, 0.1) is 11.6 Å². The molecule has 0 saturated carbocycles. The SMILES string of the molecule is COC(C)c1n[nH]c2ccncc12. The van der Waals surface area contributed by atoms with Crippen LogP contribution in [0.25, 0.3) is 10.9 Å². The second-order valence-corrected chi connectivity index (χ2v) is 2.91. The summed E-state index contributed by atoms with van der Waals surface area (Å²) in [5, 5.41) is 8.13. The summed E-state index contributed by atoms with van der Waals surface area (Å²) >= 11 is 0. The maximum Gasteiger partial charge on any atom is 0.100 e. The fourth-order valence-corrected chi connectivity index (χ4v) is 1.30. The van der Waals surface area contributed by atoms with Gasteiger partial charge in [0, 0.05) is 24.9 Å². The van der Waals surface area contributed by atoms with Crippen molar-refractivity contribution in [2.45, 2.75) is 13.0 Å². The van der Waals surface area contributed by atoms with Crippen LogP contribution in [0.2, 0.25) is 0 Å². The number of fused-ring (bicyclic) bond motifs is 1. The molecule has 0 spiro atoms. The van der Waals surface area contributed by atoms with Gasteiger partial charge < -0.3 is 4.74 Å². The molecule has 1 atom stereocenters. The first-order valence-electron chi connectivity index (χ1n) is 4.13. The predicted octanol–water partition coefficient (Wildman–Crippen LogP) is 1.67. The number of aromatic amines is 1. The molecule has 2 rings (SSSR count). The van der Waals surface area contributed by atoms with E-state index in [0.29, 0.717) is 0 Å². The molecule has 13 heavy (non-hydrogen) atoms. The Morgan fingerprint density at radius 1 is 1.54 bits per heavy atom. The number of pyridine rings is 1. The molecule has 2 aromatic rings. The van der Waals surface area contributed by atoms with Crippen LogP contribution in [0.5, 0.6) is 0 Å². The maximum atomic E-state index is 5.19. The van der Waals surface area contributed by atoms with E-state index in [-0.39, 0.29) is 6.10 Å². The summed E-state index contributed by atoms with van der Waals surface area (Å²) in [5.74, 6) is 0. The molecule has 0 aromatic carbocycles. The van der Waals surface area contributed by atoms with E-state index in [1.54, 1.807) is 19.5 Å². The maximum absolute atomic E-state index is 5.19. The fourth-order valence-electron chi connectivity index (χ4n) is 1.30. The number of nitrogens with one attached hydrogen (secondary N) is 1. The van der Waals surface area contributed by atoms with Crippen LogP contribution in [0.4, 0.5) is 0 Å². The molecular formula is C9H11N3O. The Morgan fingerprint density at radius 2 is 2.38 bits per heavy atom. The Kier molecular flexibility index (Phi) is 1.98. The average molecular weight is 177 g/mol. The molecule has 0 aliphatic heterocycles. The Morgan fingerprint density at radius 3 is 3.15 bits per heavy atom. The molecule has 4 heteroatoms. The van der Waals surface area contributed by atoms with E-state index >= 15 is 0 Å². The summed E-state index contributed by atoms with van der Waals surface area (Å²) in [5.41, 5.74) is 1.90. The van der Waals surface area contributed by atoms with E-state index in [1.807, 2.05) is 13.0 Å². The number of ether oxygens (including phenoxy) is 1. The topological polar surface area (TPSA) is 50.8 Å². The largest absolute Gasteiger partial charge is 0.375 e. The third kappa shape index (κ3) is 1.29. The third-order valence-corrected chi connectivity index (χ3v) is 2.13. The summed E-state index contributed by atoms with van der Waals surface area (Å²) < 4.78 is 5.19. The Balaban J connectivity index is 2.57. The first kappa shape index (κ1) is 8.19. The molecule has 0 bridgehead atoms. The lowest BCUT2D eigenvalue weighted by Gasteiger charge is -2.04. The van der Waals surface area contributed by atoms with Gasteiger partial charge in [0.15, 0.2) is 0 Å². The van der Waals surface area contributed by atoms with Crippen LogP contribution in [0.3, 0.4) is 0 Å². The number of aromatic nitrogens is 3. The quantitative estimate of drug-likeness (QED) is 0.759. The zero-order valence-corrected chi connectivity index (χ0v) is 7.61. The minimum Gasteiger partial charge on any atom is -0.375 e. The standard InChI is InChI=1S/C9H11N3O/c1-6(13-2)9-7-5-10-4-3-8(7)11-12-9/h3-6H,1-2H3,(H,11,12). The van der Waals surface area contributed by atoms with E-state index in [4.69, 9.17) is 4.74 Å². The van der Waals surface area contributed by atoms with Crippen LogP contribution in [-0.2, 0) is 4.74 Å². The van der Waals surface area contributed by atoms with Crippen molar-refractivity contribution in [1.29, 1.82) is 0 Å². The molecule has 0 aliphatic carbocycles. The van der Waals surface area contributed by atoms with E-state index in [0.717, 1.165) is 16.6 Å². The minimum atomic E-state index is -0.00190. The highest BCUT2D eigenvalue weighted by atomic mass is 16.5. The second kappa shape index (κ2) is 3.14. The molecular weight excluding hydrogens is 166 g/mol. The van der Waals surface area contributed by atoms with Gasteiger partial charge in [-0.05, 0) is 13.0 Å². The van der Waals surface area contributed by atoms with Crippen LogP contribution in [0.15, 0.2) is 18.5 Å². The summed E-state index contributed by atoms with van der Waals surface area (Å²) in [6, 6.07) is 1.90. The molecule has 0 aliphatic rings. The molecule has 68 valence electrons. The van der Waals surface area contributed by atoms with Crippen LogP contribution >= 0.6 is 0 Å². The zero-order valence-electron chi connectivity index (χ0n) is 7.61. The monoisotopic (exact) mass is 177 g/mol. The lowest BCUT2D eigenvalue weighted by Crippen LogP contribution is -1.96. The molecule has 2 heterocycles. The molecule has 0 amide bonds. The molecule has 2 aromatic heterocycles. The molecule has 1 unspecified atom stereocenters. The van der Waals surface area contributed by atoms with Crippen LogP contribution in [-0.4, -0.2) is 22.3 Å². The lowest BCUT2D eigenvalue weighted by atomic mass is 10.2. The van der Waals surface area contributed by atoms with Crippen molar-refractivity contribution in [3.63, 3.8) is 0 Å². The molecule has 0 fully saturated rings. The number of hydrogen-bond donors (Lipinski definition) is 1. The van der Waals surface area contributed by atoms with Crippen LogP contribution < -0.4 is 0 Å². The minimum absolute atomic E-state index is 0.00190. The Hall–Kier alpha value is -1.42. The van der Waals surface area contributed by atoms with Gasteiger partial charge in [0.2, 0.25) is 0 Å². The highest BCUT2D eigenvalue weighted by molar-refractivity contribution is 5.80. The van der Waals surface area contributed by atoms with E-state index in [1.165, 1.54) is 0 Å². The average Bonchev–Trinajstić information content (AvgIpc) is 2.60. The van der Waals surface area contributed by atoms with E-state index in [2.05, 4.69) is 15.2 Å². The van der Waals surface area contributed by atoms with Gasteiger partial charge in [-0.1, -0.05) is 0 Å². The van der Waals surface area contributed by atoms with Crippen LogP contribution in [0.1, 0.15) is 18.7 Å². The number of H-pyrrole nitrogens is 1. The van der Waals surface area contributed by atoms with E-state index < -0.39 is 0 Å². The van der Waals surface area contributed by atoms with Crippen molar-refractivity contribution in [3.05, 3.63) is 24.2 Å². The van der Waals surface area contributed by atoms with Crippen molar-refractivity contribution < 1.29 is 4.74 Å². The van der Waals surface area contributed by atoms with Crippen molar-refractivity contribution in [3.8, 4) is 0 Å². The Bertz CT molecular complexity index is 410. The molecule has 4 nitrogen and oxygen atoms in total. The lowest BCUT2D eigenvalue weighted by molar-refractivity contribution is 0.117. The zero-order chi connectivity index (χ0) is 9.26. The number of hydrogen-bond acceptors (Lipinski definition) is 3. The van der Waals surface area contributed by atoms with Gasteiger partial charge in [-0.2, -0.15) is 5.10 Å². The number of rotatable bonds is 2. The van der Waals surface area contributed by atoms with Gasteiger partial charge in [0.25, 0.3) is 0 Å². The van der Waals surface area contributed by atoms with Crippen LogP contribution in [0, 0.1) is 0 Å². The Labute approximate surface area is 75.9 Å². The fraction of sp³-hybridized carbons (Fsp3) is 0.333. The van der Waals surface area contributed by atoms with Crippen molar-refractivity contribution in [2.24, 2.45) is 0 Å². The summed E-state index contributed by atoms with van der Waals surface area (Å²) in [6.45, 7) is 1.96. The van der Waals surface area contributed by atoms with Crippen molar-refractivity contribution >= 4 is 10.9 Å². The highest BCUT2D eigenvalue weighted by Crippen LogP contribution is 2.21. The molecule has 1 N–H and O–H groups in total. The van der Waals surface area contributed by atoms with Gasteiger partial charge in [-0.15, -0.1) is 0 Å². The first-order chi connectivity index (χ1) is 6.33. The van der Waals surface area contributed by atoms with Gasteiger partial charge in [-0.25, -0.2) is 0 Å².